The van der Waals surface area contributed by atoms with Crippen LogP contribution >= 0.6 is 12.4 Å². The Balaban J connectivity index is 0.000000980. The average Bonchev–Trinajstić information content (AvgIpc) is 2.46. The zero-order chi connectivity index (χ0) is 9.42. The van der Waals surface area contributed by atoms with Gasteiger partial charge in [0.1, 0.15) is 11.9 Å². The van der Waals surface area contributed by atoms with Crippen LogP contribution in [-0.2, 0) is 11.2 Å². The van der Waals surface area contributed by atoms with Gasteiger partial charge in [-0.3, -0.25) is 0 Å². The van der Waals surface area contributed by atoms with Crippen LogP contribution < -0.4 is 5.32 Å². The Hall–Kier alpha value is -1.29. The smallest absolute Gasteiger partial charge is 0.326 e. The van der Waals surface area contributed by atoms with E-state index in [4.69, 9.17) is 5.11 Å². The lowest BCUT2D eigenvalue weighted by Gasteiger charge is -2.03. The first kappa shape index (κ1) is 10.8. The van der Waals surface area contributed by atoms with E-state index >= 15 is 0 Å². The predicted octanol–water partition coefficient (Wildman–Crippen LogP) is 1.67. The van der Waals surface area contributed by atoms with Crippen molar-refractivity contribution in [1.29, 1.82) is 0 Å². The van der Waals surface area contributed by atoms with Gasteiger partial charge in [-0.1, -0.05) is 6.07 Å². The lowest BCUT2D eigenvalue weighted by Crippen LogP contribution is -2.26. The van der Waals surface area contributed by atoms with Gasteiger partial charge in [-0.2, -0.15) is 0 Å². The number of carboxylic acid groups (broad SMARTS) is 1. The molecule has 0 fully saturated rings. The van der Waals surface area contributed by atoms with E-state index in [-0.39, 0.29) is 18.2 Å². The Morgan fingerprint density at radius 1 is 1.57 bits per heavy atom. The van der Waals surface area contributed by atoms with Gasteiger partial charge >= 0.3 is 5.97 Å². The van der Waals surface area contributed by atoms with Gasteiger partial charge in [-0.15, -0.1) is 12.4 Å². The van der Waals surface area contributed by atoms with Crippen LogP contribution in [-0.4, -0.2) is 17.1 Å². The number of halogens is 2. The molecule has 0 saturated heterocycles. The van der Waals surface area contributed by atoms with Crippen LogP contribution in [0, 0.1) is 5.82 Å². The Bertz CT molecular complexity index is 370. The largest absolute Gasteiger partial charge is 0.480 e. The van der Waals surface area contributed by atoms with Gasteiger partial charge in [0.05, 0.1) is 0 Å². The monoisotopic (exact) mass is 217 g/mol. The minimum absolute atomic E-state index is 0. The SMILES string of the molecule is Cl.O=C(O)C1Cc2ccc(F)cc2N1. The molecule has 1 aromatic rings. The molecular formula is C9H9ClFNO2. The topological polar surface area (TPSA) is 49.3 Å². The molecule has 2 rings (SSSR count). The molecule has 2 N–H and O–H groups in total. The van der Waals surface area contributed by atoms with Crippen molar-refractivity contribution < 1.29 is 14.3 Å². The van der Waals surface area contributed by atoms with Gasteiger partial charge in [0.25, 0.3) is 0 Å². The molecule has 0 spiro atoms. The maximum Gasteiger partial charge on any atom is 0.326 e. The van der Waals surface area contributed by atoms with E-state index in [1.165, 1.54) is 12.1 Å². The molecule has 3 nitrogen and oxygen atoms in total. The summed E-state index contributed by atoms with van der Waals surface area (Å²) in [5.74, 6) is -1.26. The summed E-state index contributed by atoms with van der Waals surface area (Å²) in [6.07, 6.45) is 0.422. The Morgan fingerprint density at radius 2 is 2.29 bits per heavy atom. The number of fused-ring (bicyclic) bond motifs is 1. The zero-order valence-electron chi connectivity index (χ0n) is 7.16. The number of hydrogen-bond donors (Lipinski definition) is 2. The first-order valence-corrected chi connectivity index (χ1v) is 3.94. The van der Waals surface area contributed by atoms with Crippen LogP contribution in [0.4, 0.5) is 10.1 Å². The number of benzene rings is 1. The number of carboxylic acids is 1. The predicted molar refractivity (Wildman–Crippen MR) is 52.4 cm³/mol. The average molecular weight is 218 g/mol. The van der Waals surface area contributed by atoms with Gasteiger partial charge in [0.15, 0.2) is 0 Å². The zero-order valence-corrected chi connectivity index (χ0v) is 7.97. The fraction of sp³-hybridized carbons (Fsp3) is 0.222. The second-order valence-corrected chi connectivity index (χ2v) is 3.04. The highest BCUT2D eigenvalue weighted by atomic mass is 35.5. The minimum atomic E-state index is -0.906. The quantitative estimate of drug-likeness (QED) is 0.752. The molecule has 1 atom stereocenters. The molecule has 1 aliphatic heterocycles. The lowest BCUT2D eigenvalue weighted by atomic mass is 10.1. The van der Waals surface area contributed by atoms with Gasteiger partial charge in [0.2, 0.25) is 0 Å². The Kier molecular flexibility index (Phi) is 2.96. The van der Waals surface area contributed by atoms with Crippen molar-refractivity contribution in [3.05, 3.63) is 29.6 Å². The van der Waals surface area contributed by atoms with E-state index in [1.54, 1.807) is 6.07 Å². The molecule has 1 aliphatic rings. The van der Waals surface area contributed by atoms with Crippen molar-refractivity contribution in [3.63, 3.8) is 0 Å². The molecule has 1 aromatic carbocycles. The van der Waals surface area contributed by atoms with Crippen LogP contribution in [0.2, 0.25) is 0 Å². The first-order chi connectivity index (χ1) is 6.16. The molecular weight excluding hydrogens is 209 g/mol. The first-order valence-electron chi connectivity index (χ1n) is 3.94. The Labute approximate surface area is 86.3 Å². The lowest BCUT2D eigenvalue weighted by molar-refractivity contribution is -0.137. The van der Waals surface area contributed by atoms with E-state index in [2.05, 4.69) is 5.32 Å². The summed E-state index contributed by atoms with van der Waals surface area (Å²) in [4.78, 5) is 10.6. The van der Waals surface area contributed by atoms with Crippen molar-refractivity contribution in [1.82, 2.24) is 0 Å². The normalized spacial score (nSPS) is 17.9. The van der Waals surface area contributed by atoms with Crippen molar-refractivity contribution >= 4 is 24.1 Å². The molecule has 0 amide bonds. The molecule has 0 aliphatic carbocycles. The fourth-order valence-corrected chi connectivity index (χ4v) is 1.47. The minimum Gasteiger partial charge on any atom is -0.480 e. The maximum absolute atomic E-state index is 12.7. The van der Waals surface area contributed by atoms with Crippen molar-refractivity contribution in [2.24, 2.45) is 0 Å². The van der Waals surface area contributed by atoms with E-state index in [1.807, 2.05) is 0 Å². The van der Waals surface area contributed by atoms with Gasteiger partial charge < -0.3 is 10.4 Å². The van der Waals surface area contributed by atoms with E-state index in [0.29, 0.717) is 12.1 Å². The Morgan fingerprint density at radius 3 is 2.93 bits per heavy atom. The van der Waals surface area contributed by atoms with Gasteiger partial charge in [-0.25, -0.2) is 9.18 Å². The molecule has 0 bridgehead atoms. The van der Waals surface area contributed by atoms with Crippen LogP contribution in [0.1, 0.15) is 5.56 Å². The van der Waals surface area contributed by atoms with E-state index in [0.717, 1.165) is 5.56 Å². The number of nitrogens with one attached hydrogen (secondary N) is 1. The highest BCUT2D eigenvalue weighted by molar-refractivity contribution is 5.85. The molecule has 0 saturated carbocycles. The molecule has 1 heterocycles. The number of hydrogen-bond acceptors (Lipinski definition) is 2. The molecule has 1 unspecified atom stereocenters. The third-order valence-corrected chi connectivity index (χ3v) is 2.12. The van der Waals surface area contributed by atoms with Gasteiger partial charge in [-0.05, 0) is 17.7 Å². The van der Waals surface area contributed by atoms with Crippen molar-refractivity contribution in [3.8, 4) is 0 Å². The second-order valence-electron chi connectivity index (χ2n) is 3.04. The van der Waals surface area contributed by atoms with E-state index < -0.39 is 12.0 Å². The highest BCUT2D eigenvalue weighted by Crippen LogP contribution is 2.26. The molecule has 5 heteroatoms. The fourth-order valence-electron chi connectivity index (χ4n) is 1.47. The van der Waals surface area contributed by atoms with Crippen LogP contribution in [0.25, 0.3) is 0 Å². The van der Waals surface area contributed by atoms with Crippen LogP contribution in [0.5, 0.6) is 0 Å². The maximum atomic E-state index is 12.7. The summed E-state index contributed by atoms with van der Waals surface area (Å²) in [6, 6.07) is 3.65. The van der Waals surface area contributed by atoms with Crippen molar-refractivity contribution in [2.75, 3.05) is 5.32 Å². The summed E-state index contributed by atoms with van der Waals surface area (Å²) in [7, 11) is 0. The van der Waals surface area contributed by atoms with Gasteiger partial charge in [0, 0.05) is 12.1 Å². The van der Waals surface area contributed by atoms with Crippen LogP contribution in [0.3, 0.4) is 0 Å². The number of rotatable bonds is 1. The third kappa shape index (κ3) is 1.80. The molecule has 76 valence electrons. The summed E-state index contributed by atoms with van der Waals surface area (Å²) >= 11 is 0. The highest BCUT2D eigenvalue weighted by Gasteiger charge is 2.26. The number of anilines is 1. The summed E-state index contributed by atoms with van der Waals surface area (Å²) in [5.41, 5.74) is 1.45. The van der Waals surface area contributed by atoms with Crippen molar-refractivity contribution in [2.45, 2.75) is 12.5 Å². The number of carbonyl (C=O) groups is 1. The molecule has 0 aromatic heterocycles. The summed E-state index contributed by atoms with van der Waals surface area (Å²) in [5, 5.41) is 11.4. The number of aliphatic carboxylic acids is 1. The summed E-state index contributed by atoms with van der Waals surface area (Å²) in [6.45, 7) is 0. The third-order valence-electron chi connectivity index (χ3n) is 2.12. The second kappa shape index (κ2) is 3.84. The standard InChI is InChI=1S/C9H8FNO2.ClH/c10-6-2-1-5-3-8(9(12)13)11-7(5)4-6;/h1-2,4,8,11H,3H2,(H,12,13);1H. The molecule has 14 heavy (non-hydrogen) atoms. The van der Waals surface area contributed by atoms with E-state index in [9.17, 15) is 9.18 Å². The van der Waals surface area contributed by atoms with Crippen LogP contribution in [0.15, 0.2) is 18.2 Å². The molecule has 0 radical (unpaired) electrons. The summed E-state index contributed by atoms with van der Waals surface area (Å²) < 4.78 is 12.7.